The van der Waals surface area contributed by atoms with Gasteiger partial charge in [-0.05, 0) is 42.3 Å². The van der Waals surface area contributed by atoms with Gasteiger partial charge >= 0.3 is 0 Å². The van der Waals surface area contributed by atoms with Gasteiger partial charge in [0.1, 0.15) is 12.3 Å². The van der Waals surface area contributed by atoms with Crippen molar-refractivity contribution < 1.29 is 9.53 Å². The maximum absolute atomic E-state index is 12.3. The molecule has 2 aromatic rings. The van der Waals surface area contributed by atoms with Crippen LogP contribution in [0, 0.1) is 0 Å². The lowest BCUT2D eigenvalue weighted by Crippen LogP contribution is -2.31. The number of aryl methyl sites for hydroxylation is 1. The van der Waals surface area contributed by atoms with E-state index in [1.54, 1.807) is 5.01 Å². The molecule has 3 rings (SSSR count). The molecule has 1 amide bonds. The van der Waals surface area contributed by atoms with E-state index in [9.17, 15) is 4.79 Å². The van der Waals surface area contributed by atoms with Gasteiger partial charge in [-0.1, -0.05) is 52.8 Å². The van der Waals surface area contributed by atoms with E-state index in [1.165, 1.54) is 11.8 Å². The molecule has 1 N–H and O–H groups in total. The summed E-state index contributed by atoms with van der Waals surface area (Å²) in [5, 5.41) is 9.56. The Morgan fingerprint density at radius 3 is 2.75 bits per heavy atom. The van der Waals surface area contributed by atoms with Gasteiger partial charge in [-0.3, -0.25) is 9.80 Å². The molecule has 1 aliphatic heterocycles. The van der Waals surface area contributed by atoms with Crippen molar-refractivity contribution in [3.05, 3.63) is 58.6 Å². The van der Waals surface area contributed by atoms with Gasteiger partial charge in [0.05, 0.1) is 5.75 Å². The third kappa shape index (κ3) is 5.84. The number of carbonyl (C=O) groups is 1. The molecule has 1 aliphatic rings. The number of rotatable bonds is 5. The molecule has 6 nitrogen and oxygen atoms in total. The number of likely N-dealkylation sites (N-methyl/N-ethyl adjacent to an activating group) is 1. The highest BCUT2D eigenvalue weighted by Crippen LogP contribution is 2.19. The lowest BCUT2D eigenvalue weighted by atomic mass is 10.1. The minimum absolute atomic E-state index is 0.0904. The summed E-state index contributed by atoms with van der Waals surface area (Å²) in [6, 6.07) is 15.4. The number of nitrogens with one attached hydrogen (secondary N) is 1. The van der Waals surface area contributed by atoms with E-state index in [1.807, 2.05) is 55.6 Å². The summed E-state index contributed by atoms with van der Waals surface area (Å²) in [5.74, 6) is 1.38. The van der Waals surface area contributed by atoms with Crippen LogP contribution in [-0.4, -0.2) is 41.3 Å². The van der Waals surface area contributed by atoms with E-state index in [0.717, 1.165) is 22.1 Å². The Balaban J connectivity index is 1.58. The Hall–Kier alpha value is -2.32. The summed E-state index contributed by atoms with van der Waals surface area (Å²) >= 11 is 4.68. The highest BCUT2D eigenvalue weighted by molar-refractivity contribution is 9.10. The number of aliphatic imine (C=N–C) groups is 1. The summed E-state index contributed by atoms with van der Waals surface area (Å²) in [7, 11) is 1.84. The smallest absolute Gasteiger partial charge is 0.234 e. The van der Waals surface area contributed by atoms with E-state index in [2.05, 4.69) is 38.3 Å². The second-order valence-corrected chi connectivity index (χ2v) is 7.97. The molecule has 0 aliphatic carbocycles. The number of hydrogen-bond acceptors (Lipinski definition) is 6. The van der Waals surface area contributed by atoms with Gasteiger partial charge in [0.2, 0.25) is 17.0 Å². The average Bonchev–Trinajstić information content (AvgIpc) is 2.68. The van der Waals surface area contributed by atoms with Gasteiger partial charge in [0.25, 0.3) is 0 Å². The number of carbonyl (C=O) groups excluding carboxylic acids is 1. The second-order valence-electron chi connectivity index (χ2n) is 6.11. The van der Waals surface area contributed by atoms with Crippen molar-refractivity contribution in [2.45, 2.75) is 13.3 Å². The van der Waals surface area contributed by atoms with Crippen LogP contribution in [0.1, 0.15) is 12.5 Å². The van der Waals surface area contributed by atoms with Gasteiger partial charge in [0, 0.05) is 17.2 Å². The van der Waals surface area contributed by atoms with Crippen LogP contribution in [0.25, 0.3) is 0 Å². The van der Waals surface area contributed by atoms with Crippen LogP contribution in [0.5, 0.6) is 5.75 Å². The topological polar surface area (TPSA) is 66.3 Å². The van der Waals surface area contributed by atoms with Crippen LogP contribution in [0.2, 0.25) is 0 Å². The maximum Gasteiger partial charge on any atom is 0.234 e. The minimum atomic E-state index is -0.0904. The molecule has 2 aromatic carbocycles. The van der Waals surface area contributed by atoms with Crippen molar-refractivity contribution in [1.82, 2.24) is 5.01 Å². The van der Waals surface area contributed by atoms with Crippen LogP contribution in [0.4, 0.5) is 5.69 Å². The number of hydrogen-bond donors (Lipinski definition) is 1. The first-order valence-electron chi connectivity index (χ1n) is 8.84. The summed E-state index contributed by atoms with van der Waals surface area (Å²) in [5.41, 5.74) is 1.96. The highest BCUT2D eigenvalue weighted by atomic mass is 79.9. The molecule has 28 heavy (non-hydrogen) atoms. The van der Waals surface area contributed by atoms with Crippen LogP contribution >= 0.6 is 27.7 Å². The Morgan fingerprint density at radius 1 is 1.25 bits per heavy atom. The van der Waals surface area contributed by atoms with Crippen molar-refractivity contribution >= 4 is 50.4 Å². The molecule has 0 saturated heterocycles. The van der Waals surface area contributed by atoms with Crippen molar-refractivity contribution in [3.63, 3.8) is 0 Å². The van der Waals surface area contributed by atoms with E-state index in [0.29, 0.717) is 23.4 Å². The van der Waals surface area contributed by atoms with Gasteiger partial charge in [-0.2, -0.15) is 4.99 Å². The fourth-order valence-electron chi connectivity index (χ4n) is 2.56. The van der Waals surface area contributed by atoms with Gasteiger partial charge in [-0.25, -0.2) is 0 Å². The quantitative estimate of drug-likeness (QED) is 0.718. The van der Waals surface area contributed by atoms with Crippen LogP contribution in [0.3, 0.4) is 0 Å². The number of ether oxygens (including phenoxy) is 1. The molecule has 0 fully saturated rings. The van der Waals surface area contributed by atoms with Crippen LogP contribution in [0.15, 0.2) is 63.1 Å². The Morgan fingerprint density at radius 2 is 2.00 bits per heavy atom. The number of thioether (sulfide) groups is 1. The molecule has 0 atom stereocenters. The molecule has 8 heteroatoms. The number of nitrogens with zero attached hydrogens (tertiary/aromatic N) is 3. The van der Waals surface area contributed by atoms with Crippen molar-refractivity contribution in [2.24, 2.45) is 10.1 Å². The zero-order valence-electron chi connectivity index (χ0n) is 15.7. The molecular formula is C20H21BrN4O2S. The molecule has 0 aromatic heterocycles. The second kappa shape index (κ2) is 9.75. The third-order valence-corrected chi connectivity index (χ3v) is 5.26. The molecule has 0 unspecified atom stereocenters. The SMILES string of the molecule is CCc1ccccc1NC(=O)CSC1=NN(C)CC(Oc2ccc(Br)cc2)=N1. The predicted octanol–water partition coefficient (Wildman–Crippen LogP) is 4.38. The summed E-state index contributed by atoms with van der Waals surface area (Å²) < 4.78 is 6.82. The Kier molecular flexibility index (Phi) is 7.11. The average molecular weight is 461 g/mol. The standard InChI is InChI=1S/C20H21BrN4O2S/c1-3-14-6-4-5-7-17(14)22-18(26)13-28-20-23-19(12-25(2)24-20)27-16-10-8-15(21)9-11-16/h4-11H,3,12-13H2,1-2H3,(H,22,26). The molecule has 0 radical (unpaired) electrons. The lowest BCUT2D eigenvalue weighted by molar-refractivity contribution is -0.113. The number of para-hydroxylation sites is 1. The molecule has 0 spiro atoms. The Labute approximate surface area is 177 Å². The largest absolute Gasteiger partial charge is 0.441 e. The Bertz CT molecular complexity index is 899. The number of anilines is 1. The fraction of sp³-hybridized carbons (Fsp3) is 0.250. The molecular weight excluding hydrogens is 440 g/mol. The number of hydrazone groups is 1. The molecule has 0 bridgehead atoms. The fourth-order valence-corrected chi connectivity index (χ4v) is 3.52. The van der Waals surface area contributed by atoms with Gasteiger partial charge in [0.15, 0.2) is 0 Å². The third-order valence-electron chi connectivity index (χ3n) is 3.89. The number of amides is 1. The number of halogens is 1. The molecule has 146 valence electrons. The van der Waals surface area contributed by atoms with Crippen molar-refractivity contribution in [3.8, 4) is 5.75 Å². The number of benzene rings is 2. The first-order chi connectivity index (χ1) is 13.5. The maximum atomic E-state index is 12.3. The zero-order chi connectivity index (χ0) is 19.9. The zero-order valence-corrected chi connectivity index (χ0v) is 18.1. The van der Waals surface area contributed by atoms with E-state index in [4.69, 9.17) is 4.74 Å². The lowest BCUT2D eigenvalue weighted by Gasteiger charge is -2.20. The van der Waals surface area contributed by atoms with Gasteiger partial charge in [-0.15, -0.1) is 5.10 Å². The summed E-state index contributed by atoms with van der Waals surface area (Å²) in [4.78, 5) is 16.8. The summed E-state index contributed by atoms with van der Waals surface area (Å²) in [6.45, 7) is 2.53. The van der Waals surface area contributed by atoms with E-state index in [-0.39, 0.29) is 11.7 Å². The minimum Gasteiger partial charge on any atom is -0.441 e. The van der Waals surface area contributed by atoms with Crippen molar-refractivity contribution in [2.75, 3.05) is 24.7 Å². The predicted molar refractivity (Wildman–Crippen MR) is 119 cm³/mol. The van der Waals surface area contributed by atoms with E-state index >= 15 is 0 Å². The highest BCUT2D eigenvalue weighted by Gasteiger charge is 2.16. The summed E-state index contributed by atoms with van der Waals surface area (Å²) in [6.07, 6.45) is 0.863. The first kappa shape index (κ1) is 20.4. The normalized spacial score (nSPS) is 13.6. The monoisotopic (exact) mass is 460 g/mol. The molecule has 0 saturated carbocycles. The van der Waals surface area contributed by atoms with Crippen LogP contribution in [-0.2, 0) is 11.2 Å². The first-order valence-corrected chi connectivity index (χ1v) is 10.6. The van der Waals surface area contributed by atoms with Crippen molar-refractivity contribution in [1.29, 1.82) is 0 Å². The molecule has 1 heterocycles. The number of amidine groups is 1. The van der Waals surface area contributed by atoms with Gasteiger partial charge < -0.3 is 10.1 Å². The van der Waals surface area contributed by atoms with E-state index < -0.39 is 0 Å². The van der Waals surface area contributed by atoms with Crippen LogP contribution < -0.4 is 10.1 Å².